The normalized spacial score (nSPS) is 11.0. The highest BCUT2D eigenvalue weighted by Gasteiger charge is 2.10. The van der Waals surface area contributed by atoms with Crippen molar-refractivity contribution in [3.63, 3.8) is 0 Å². The summed E-state index contributed by atoms with van der Waals surface area (Å²) in [4.78, 5) is 22.9. The van der Waals surface area contributed by atoms with Gasteiger partial charge in [-0.25, -0.2) is 15.4 Å². The van der Waals surface area contributed by atoms with Crippen molar-refractivity contribution in [3.8, 4) is 0 Å². The Morgan fingerprint density at radius 1 is 1.20 bits per heavy atom. The molecule has 20 heavy (non-hydrogen) atoms. The van der Waals surface area contributed by atoms with Gasteiger partial charge in [0.1, 0.15) is 0 Å². The quantitative estimate of drug-likeness (QED) is 0.558. The van der Waals surface area contributed by atoms with Gasteiger partial charge < -0.3 is 4.98 Å². The molecular formula is C14H11N5O. The van der Waals surface area contributed by atoms with Crippen LogP contribution in [0.15, 0.2) is 53.8 Å². The monoisotopic (exact) mass is 265 g/mol. The third kappa shape index (κ3) is 2.54. The first-order valence-corrected chi connectivity index (χ1v) is 6.02. The van der Waals surface area contributed by atoms with E-state index < -0.39 is 5.91 Å². The zero-order chi connectivity index (χ0) is 13.8. The molecule has 0 fully saturated rings. The molecule has 2 heterocycles. The van der Waals surface area contributed by atoms with E-state index in [4.69, 9.17) is 0 Å². The van der Waals surface area contributed by atoms with Gasteiger partial charge in [0.25, 0.3) is 0 Å². The number of aromatic amines is 1. The first-order chi connectivity index (χ1) is 9.83. The molecule has 0 bridgehead atoms. The molecule has 0 radical (unpaired) electrons. The molecule has 0 aliphatic heterocycles. The fraction of sp³-hybridized carbons (Fsp3) is 0. The molecule has 0 spiro atoms. The molecule has 3 rings (SSSR count). The fourth-order valence-electron chi connectivity index (χ4n) is 1.71. The minimum Gasteiger partial charge on any atom is -0.332 e. The van der Waals surface area contributed by atoms with Crippen LogP contribution in [-0.2, 0) is 0 Å². The van der Waals surface area contributed by atoms with E-state index in [1.54, 1.807) is 24.5 Å². The van der Waals surface area contributed by atoms with E-state index in [2.05, 4.69) is 25.5 Å². The lowest BCUT2D eigenvalue weighted by Crippen LogP contribution is -2.19. The third-order valence-electron chi connectivity index (χ3n) is 2.65. The maximum absolute atomic E-state index is 11.9. The predicted octanol–water partition coefficient (Wildman–Crippen LogP) is 1.72. The zero-order valence-electron chi connectivity index (χ0n) is 10.4. The minimum atomic E-state index is -0.407. The van der Waals surface area contributed by atoms with Gasteiger partial charge in [0.05, 0.1) is 11.7 Å². The number of amides is 1. The number of hydrazone groups is 1. The molecule has 6 nitrogen and oxygen atoms in total. The zero-order valence-corrected chi connectivity index (χ0v) is 10.4. The Hall–Kier alpha value is -3.02. The minimum absolute atomic E-state index is 0.184. The van der Waals surface area contributed by atoms with Crippen molar-refractivity contribution < 1.29 is 4.79 Å². The number of benzene rings is 1. The molecule has 0 unspecified atom stereocenters. The van der Waals surface area contributed by atoms with Crippen molar-refractivity contribution in [1.29, 1.82) is 0 Å². The number of hydrogen-bond acceptors (Lipinski definition) is 4. The van der Waals surface area contributed by atoms with Crippen LogP contribution in [0, 0.1) is 0 Å². The van der Waals surface area contributed by atoms with Gasteiger partial charge in [-0.1, -0.05) is 30.3 Å². The van der Waals surface area contributed by atoms with Crippen molar-refractivity contribution in [2.24, 2.45) is 5.10 Å². The molecule has 1 aromatic carbocycles. The van der Waals surface area contributed by atoms with E-state index >= 15 is 0 Å². The second-order valence-corrected chi connectivity index (χ2v) is 4.07. The number of rotatable bonds is 3. The Labute approximate surface area is 114 Å². The molecule has 3 aromatic rings. The maximum Gasteiger partial charge on any atom is 0.307 e. The number of carbonyl (C=O) groups excluding carboxylic acids is 1. The average Bonchev–Trinajstić information content (AvgIpc) is 2.92. The smallest absolute Gasteiger partial charge is 0.307 e. The van der Waals surface area contributed by atoms with Crippen molar-refractivity contribution in [1.82, 2.24) is 20.4 Å². The highest BCUT2D eigenvalue weighted by molar-refractivity contribution is 5.94. The van der Waals surface area contributed by atoms with E-state index in [-0.39, 0.29) is 5.82 Å². The lowest BCUT2D eigenvalue weighted by atomic mass is 10.2. The number of imidazole rings is 1. The predicted molar refractivity (Wildman–Crippen MR) is 75.4 cm³/mol. The molecule has 0 saturated carbocycles. The third-order valence-corrected chi connectivity index (χ3v) is 2.65. The first-order valence-electron chi connectivity index (χ1n) is 6.02. The van der Waals surface area contributed by atoms with Crippen molar-refractivity contribution in [3.05, 3.63) is 60.0 Å². The molecule has 98 valence electrons. The van der Waals surface area contributed by atoms with Gasteiger partial charge in [0.15, 0.2) is 5.65 Å². The van der Waals surface area contributed by atoms with Crippen LogP contribution >= 0.6 is 0 Å². The summed E-state index contributed by atoms with van der Waals surface area (Å²) in [5, 5.41) is 3.88. The van der Waals surface area contributed by atoms with Crippen LogP contribution in [0.3, 0.4) is 0 Å². The highest BCUT2D eigenvalue weighted by atomic mass is 16.2. The Morgan fingerprint density at radius 3 is 2.85 bits per heavy atom. The fourth-order valence-corrected chi connectivity index (χ4v) is 1.71. The van der Waals surface area contributed by atoms with E-state index in [1.807, 2.05) is 30.3 Å². The number of pyridine rings is 1. The second-order valence-electron chi connectivity index (χ2n) is 4.07. The number of aromatic nitrogens is 3. The van der Waals surface area contributed by atoms with E-state index in [0.29, 0.717) is 11.2 Å². The van der Waals surface area contributed by atoms with Gasteiger partial charge >= 0.3 is 5.91 Å². The maximum atomic E-state index is 11.9. The summed E-state index contributed by atoms with van der Waals surface area (Å²) in [6.45, 7) is 0. The van der Waals surface area contributed by atoms with Crippen LogP contribution in [0.4, 0.5) is 0 Å². The van der Waals surface area contributed by atoms with Gasteiger partial charge in [0, 0.05) is 6.20 Å². The molecule has 2 aromatic heterocycles. The summed E-state index contributed by atoms with van der Waals surface area (Å²) >= 11 is 0. The molecule has 2 N–H and O–H groups in total. The number of hydrogen-bond donors (Lipinski definition) is 2. The van der Waals surface area contributed by atoms with Crippen molar-refractivity contribution in [2.75, 3.05) is 0 Å². The molecule has 0 atom stereocenters. The van der Waals surface area contributed by atoms with E-state index in [1.165, 1.54) is 0 Å². The summed E-state index contributed by atoms with van der Waals surface area (Å²) in [7, 11) is 0. The van der Waals surface area contributed by atoms with Crippen molar-refractivity contribution >= 4 is 23.3 Å². The van der Waals surface area contributed by atoms with Crippen LogP contribution in [0.25, 0.3) is 11.2 Å². The number of H-pyrrole nitrogens is 1. The lowest BCUT2D eigenvalue weighted by molar-refractivity contribution is 0.0946. The lowest BCUT2D eigenvalue weighted by Gasteiger charge is -1.95. The van der Waals surface area contributed by atoms with Crippen LogP contribution in [-0.4, -0.2) is 27.1 Å². The largest absolute Gasteiger partial charge is 0.332 e. The number of nitrogens with zero attached hydrogens (tertiary/aromatic N) is 3. The van der Waals surface area contributed by atoms with Crippen LogP contribution in [0.5, 0.6) is 0 Å². The average molecular weight is 265 g/mol. The van der Waals surface area contributed by atoms with Crippen LogP contribution in [0.2, 0.25) is 0 Å². The van der Waals surface area contributed by atoms with Gasteiger partial charge in [-0.15, -0.1) is 0 Å². The van der Waals surface area contributed by atoms with Crippen LogP contribution < -0.4 is 5.43 Å². The Morgan fingerprint density at radius 2 is 2.05 bits per heavy atom. The highest BCUT2D eigenvalue weighted by Crippen LogP contribution is 2.06. The molecule has 0 aliphatic rings. The summed E-state index contributed by atoms with van der Waals surface area (Å²) in [6, 6.07) is 13.1. The van der Waals surface area contributed by atoms with Gasteiger partial charge in [-0.3, -0.25) is 4.79 Å². The number of nitrogens with one attached hydrogen (secondary N) is 2. The van der Waals surface area contributed by atoms with Gasteiger partial charge in [0.2, 0.25) is 5.82 Å². The Balaban J connectivity index is 1.71. The summed E-state index contributed by atoms with van der Waals surface area (Å²) in [5.41, 5.74) is 4.54. The summed E-state index contributed by atoms with van der Waals surface area (Å²) < 4.78 is 0. The van der Waals surface area contributed by atoms with Crippen LogP contribution in [0.1, 0.15) is 16.2 Å². The van der Waals surface area contributed by atoms with E-state index in [0.717, 1.165) is 5.56 Å². The second kappa shape index (κ2) is 5.31. The first kappa shape index (κ1) is 12.0. The Kier molecular flexibility index (Phi) is 3.20. The number of fused-ring (bicyclic) bond motifs is 1. The number of carbonyl (C=O) groups is 1. The molecule has 0 saturated heterocycles. The molecule has 0 aliphatic carbocycles. The molecule has 1 amide bonds. The topological polar surface area (TPSA) is 83.0 Å². The van der Waals surface area contributed by atoms with Gasteiger partial charge in [-0.2, -0.15) is 5.10 Å². The SMILES string of the molecule is O=C(N/N=C/c1ccccc1)c1nc2ncccc2[nH]1. The van der Waals surface area contributed by atoms with E-state index in [9.17, 15) is 4.79 Å². The Bertz CT molecular complexity index is 730. The summed E-state index contributed by atoms with van der Waals surface area (Å²) in [6.07, 6.45) is 3.19. The molecule has 6 heteroatoms. The summed E-state index contributed by atoms with van der Waals surface area (Å²) in [5.74, 6) is -0.223. The molecular weight excluding hydrogens is 254 g/mol. The van der Waals surface area contributed by atoms with Gasteiger partial charge in [-0.05, 0) is 17.7 Å². The van der Waals surface area contributed by atoms with Crippen molar-refractivity contribution in [2.45, 2.75) is 0 Å². The standard InChI is InChI=1S/C14H11N5O/c20-14(19-16-9-10-5-2-1-3-6-10)13-17-11-7-4-8-15-12(11)18-13/h1-9H,(H,19,20)(H,15,17,18)/b16-9+.